The number of nitrogens with zero attached hydrogens (tertiary/aromatic N) is 2. The summed E-state index contributed by atoms with van der Waals surface area (Å²) in [5, 5.41) is 7.71. The summed E-state index contributed by atoms with van der Waals surface area (Å²) in [6, 6.07) is 7.08. The van der Waals surface area contributed by atoms with Crippen molar-refractivity contribution in [3.05, 3.63) is 51.5 Å². The second kappa shape index (κ2) is 4.97. The number of halogens is 2. The molecule has 1 aromatic heterocycles. The lowest BCUT2D eigenvalue weighted by Gasteiger charge is -2.43. The van der Waals surface area contributed by atoms with Gasteiger partial charge in [-0.25, -0.2) is 4.39 Å². The van der Waals surface area contributed by atoms with Crippen molar-refractivity contribution in [1.82, 2.24) is 15.1 Å². The molecule has 5 heteroatoms. The van der Waals surface area contributed by atoms with E-state index in [9.17, 15) is 4.39 Å². The zero-order valence-corrected chi connectivity index (χ0v) is 13.2. The van der Waals surface area contributed by atoms with Gasteiger partial charge in [0, 0.05) is 32.0 Å². The SMILES string of the molecule is Cc1nn(C)c(CC2(c3ccccc3F)CNC2)c1Br. The summed E-state index contributed by atoms with van der Waals surface area (Å²) < 4.78 is 17.1. The number of aryl methyl sites for hydroxylation is 2. The Morgan fingerprint density at radius 1 is 1.40 bits per heavy atom. The van der Waals surface area contributed by atoms with E-state index in [2.05, 4.69) is 26.3 Å². The third kappa shape index (κ3) is 2.09. The summed E-state index contributed by atoms with van der Waals surface area (Å²) in [7, 11) is 1.94. The van der Waals surface area contributed by atoms with Crippen LogP contribution in [-0.2, 0) is 18.9 Å². The Kier molecular flexibility index (Phi) is 3.42. The van der Waals surface area contributed by atoms with E-state index in [0.717, 1.165) is 40.9 Å². The van der Waals surface area contributed by atoms with Crippen molar-refractivity contribution in [2.24, 2.45) is 7.05 Å². The molecule has 1 aliphatic rings. The van der Waals surface area contributed by atoms with Crippen LogP contribution in [0, 0.1) is 12.7 Å². The molecule has 1 saturated heterocycles. The molecule has 0 bridgehead atoms. The molecule has 106 valence electrons. The van der Waals surface area contributed by atoms with Crippen LogP contribution in [0.1, 0.15) is 17.0 Å². The first-order chi connectivity index (χ1) is 9.53. The molecule has 2 aromatic rings. The highest BCUT2D eigenvalue weighted by molar-refractivity contribution is 9.10. The van der Waals surface area contributed by atoms with Gasteiger partial charge in [-0.2, -0.15) is 5.10 Å². The fourth-order valence-corrected chi connectivity index (χ4v) is 3.40. The lowest BCUT2D eigenvalue weighted by molar-refractivity contribution is 0.261. The molecule has 1 N–H and O–H groups in total. The number of benzene rings is 1. The summed E-state index contributed by atoms with van der Waals surface area (Å²) in [5.74, 6) is -0.121. The minimum atomic E-state index is -0.173. The second-order valence-electron chi connectivity index (χ2n) is 5.51. The molecule has 0 radical (unpaired) electrons. The Balaban J connectivity index is 2.01. The molecule has 20 heavy (non-hydrogen) atoms. The molecule has 1 aliphatic heterocycles. The molecule has 0 atom stereocenters. The van der Waals surface area contributed by atoms with Crippen LogP contribution in [-0.4, -0.2) is 22.9 Å². The standard InChI is InChI=1S/C15H17BrFN3/c1-10-14(16)13(20(2)19-10)7-15(8-18-9-15)11-5-3-4-6-12(11)17/h3-6,18H,7-9H2,1-2H3. The van der Waals surface area contributed by atoms with Gasteiger partial charge in [-0.05, 0) is 34.5 Å². The highest BCUT2D eigenvalue weighted by Gasteiger charge is 2.41. The molecule has 0 amide bonds. The highest BCUT2D eigenvalue weighted by Crippen LogP contribution is 2.36. The third-order valence-electron chi connectivity index (χ3n) is 4.14. The molecule has 3 rings (SSSR count). The summed E-state index contributed by atoms with van der Waals surface area (Å²) in [4.78, 5) is 0. The topological polar surface area (TPSA) is 29.9 Å². The van der Waals surface area contributed by atoms with E-state index in [1.807, 2.05) is 30.8 Å². The minimum absolute atomic E-state index is 0.121. The number of hydrogen-bond acceptors (Lipinski definition) is 2. The van der Waals surface area contributed by atoms with Gasteiger partial charge in [0.05, 0.1) is 15.9 Å². The number of aromatic nitrogens is 2. The zero-order valence-electron chi connectivity index (χ0n) is 11.6. The Morgan fingerprint density at radius 3 is 2.60 bits per heavy atom. The van der Waals surface area contributed by atoms with E-state index < -0.39 is 0 Å². The van der Waals surface area contributed by atoms with Crippen LogP contribution in [0.5, 0.6) is 0 Å². The molecular formula is C15H17BrFN3. The third-order valence-corrected chi connectivity index (χ3v) is 5.17. The summed E-state index contributed by atoms with van der Waals surface area (Å²) in [6.45, 7) is 3.57. The van der Waals surface area contributed by atoms with E-state index in [1.54, 1.807) is 12.1 Å². The summed E-state index contributed by atoms with van der Waals surface area (Å²) in [5.41, 5.74) is 2.71. The van der Waals surface area contributed by atoms with Crippen molar-refractivity contribution in [1.29, 1.82) is 0 Å². The van der Waals surface area contributed by atoms with Crippen molar-refractivity contribution in [3.63, 3.8) is 0 Å². The largest absolute Gasteiger partial charge is 0.315 e. The Morgan fingerprint density at radius 2 is 2.10 bits per heavy atom. The predicted molar refractivity (Wildman–Crippen MR) is 80.3 cm³/mol. The van der Waals surface area contributed by atoms with E-state index in [0.29, 0.717) is 0 Å². The molecule has 0 spiro atoms. The van der Waals surface area contributed by atoms with Crippen LogP contribution in [0.25, 0.3) is 0 Å². The van der Waals surface area contributed by atoms with Crippen LogP contribution in [0.4, 0.5) is 4.39 Å². The Labute approximate surface area is 126 Å². The maximum absolute atomic E-state index is 14.2. The number of hydrogen-bond donors (Lipinski definition) is 1. The quantitative estimate of drug-likeness (QED) is 0.933. The van der Waals surface area contributed by atoms with Crippen LogP contribution in [0.3, 0.4) is 0 Å². The van der Waals surface area contributed by atoms with Crippen molar-refractivity contribution in [2.45, 2.75) is 18.8 Å². The minimum Gasteiger partial charge on any atom is -0.315 e. The molecule has 0 aliphatic carbocycles. The average molecular weight is 338 g/mol. The van der Waals surface area contributed by atoms with Crippen LogP contribution in [0.2, 0.25) is 0 Å². The van der Waals surface area contributed by atoms with Gasteiger partial charge in [-0.1, -0.05) is 18.2 Å². The van der Waals surface area contributed by atoms with Gasteiger partial charge in [-0.3, -0.25) is 4.68 Å². The molecule has 0 saturated carbocycles. The second-order valence-corrected chi connectivity index (χ2v) is 6.30. The summed E-state index contributed by atoms with van der Waals surface area (Å²) >= 11 is 3.60. The van der Waals surface area contributed by atoms with Gasteiger partial charge in [-0.15, -0.1) is 0 Å². The van der Waals surface area contributed by atoms with Gasteiger partial charge in [0.1, 0.15) is 5.82 Å². The fraction of sp³-hybridized carbons (Fsp3) is 0.400. The number of rotatable bonds is 3. The lowest BCUT2D eigenvalue weighted by Crippen LogP contribution is -2.58. The first-order valence-corrected chi connectivity index (χ1v) is 7.46. The van der Waals surface area contributed by atoms with Crippen LogP contribution >= 0.6 is 15.9 Å². The smallest absolute Gasteiger partial charge is 0.127 e. The predicted octanol–water partition coefficient (Wildman–Crippen LogP) is 2.71. The van der Waals surface area contributed by atoms with Crippen molar-refractivity contribution < 1.29 is 4.39 Å². The molecular weight excluding hydrogens is 321 g/mol. The Hall–Kier alpha value is -1.20. The molecule has 2 heterocycles. The monoisotopic (exact) mass is 337 g/mol. The molecule has 3 nitrogen and oxygen atoms in total. The molecule has 0 unspecified atom stereocenters. The lowest BCUT2D eigenvalue weighted by atomic mass is 9.71. The van der Waals surface area contributed by atoms with E-state index in [4.69, 9.17) is 0 Å². The summed E-state index contributed by atoms with van der Waals surface area (Å²) in [6.07, 6.45) is 0.777. The van der Waals surface area contributed by atoms with Gasteiger partial charge in [0.25, 0.3) is 0 Å². The number of nitrogens with one attached hydrogen (secondary N) is 1. The fourth-order valence-electron chi connectivity index (χ4n) is 2.92. The first kappa shape index (κ1) is 13.8. The van der Waals surface area contributed by atoms with Crippen LogP contribution in [0.15, 0.2) is 28.7 Å². The van der Waals surface area contributed by atoms with E-state index >= 15 is 0 Å². The van der Waals surface area contributed by atoms with Gasteiger partial charge >= 0.3 is 0 Å². The van der Waals surface area contributed by atoms with Crippen molar-refractivity contribution in [3.8, 4) is 0 Å². The van der Waals surface area contributed by atoms with E-state index in [1.165, 1.54) is 0 Å². The van der Waals surface area contributed by atoms with E-state index in [-0.39, 0.29) is 11.2 Å². The van der Waals surface area contributed by atoms with Gasteiger partial charge < -0.3 is 5.32 Å². The highest BCUT2D eigenvalue weighted by atomic mass is 79.9. The maximum Gasteiger partial charge on any atom is 0.127 e. The van der Waals surface area contributed by atoms with Crippen LogP contribution < -0.4 is 5.32 Å². The molecule has 1 aromatic carbocycles. The van der Waals surface area contributed by atoms with Crippen molar-refractivity contribution >= 4 is 15.9 Å². The normalized spacial score (nSPS) is 17.0. The zero-order chi connectivity index (χ0) is 14.3. The molecule has 1 fully saturated rings. The average Bonchev–Trinajstić information content (AvgIpc) is 2.61. The van der Waals surface area contributed by atoms with Crippen molar-refractivity contribution in [2.75, 3.05) is 13.1 Å². The maximum atomic E-state index is 14.2. The Bertz CT molecular complexity index is 647. The van der Waals surface area contributed by atoms with Gasteiger partial charge in [0.15, 0.2) is 0 Å². The first-order valence-electron chi connectivity index (χ1n) is 6.67. The van der Waals surface area contributed by atoms with Gasteiger partial charge in [0.2, 0.25) is 0 Å².